The van der Waals surface area contributed by atoms with Gasteiger partial charge in [-0.1, -0.05) is 6.07 Å². The van der Waals surface area contributed by atoms with Crippen molar-refractivity contribution in [2.75, 3.05) is 38.1 Å². The molecule has 0 radical (unpaired) electrons. The van der Waals surface area contributed by atoms with Crippen LogP contribution >= 0.6 is 12.4 Å². The number of pyridine rings is 1. The Morgan fingerprint density at radius 2 is 1.88 bits per heavy atom. The maximum absolute atomic E-state index is 5.64. The van der Waals surface area contributed by atoms with Crippen LogP contribution in [0.15, 0.2) is 12.1 Å². The number of nitrogens with zero attached hydrogens (tertiary/aromatic N) is 3. The number of rotatable bonds is 2. The molecular formula is C12H21ClN4. The van der Waals surface area contributed by atoms with E-state index in [4.69, 9.17) is 5.73 Å². The summed E-state index contributed by atoms with van der Waals surface area (Å²) in [6, 6.07) is 4.18. The van der Waals surface area contributed by atoms with Crippen molar-refractivity contribution in [2.24, 2.45) is 5.73 Å². The monoisotopic (exact) mass is 256 g/mol. The zero-order valence-electron chi connectivity index (χ0n) is 10.5. The quantitative estimate of drug-likeness (QED) is 0.858. The second kappa shape index (κ2) is 6.19. The molecule has 2 N–H and O–H groups in total. The zero-order valence-corrected chi connectivity index (χ0v) is 11.3. The van der Waals surface area contributed by atoms with Crippen molar-refractivity contribution in [3.8, 4) is 0 Å². The lowest BCUT2D eigenvalue weighted by Gasteiger charge is -2.33. The molecule has 0 aliphatic carbocycles. The first-order chi connectivity index (χ1) is 7.70. The topological polar surface area (TPSA) is 45.4 Å². The van der Waals surface area contributed by atoms with Gasteiger partial charge >= 0.3 is 0 Å². The highest BCUT2D eigenvalue weighted by atomic mass is 35.5. The van der Waals surface area contributed by atoms with Crippen LogP contribution in [0.5, 0.6) is 0 Å². The van der Waals surface area contributed by atoms with E-state index in [9.17, 15) is 0 Å². The van der Waals surface area contributed by atoms with E-state index in [1.54, 1.807) is 0 Å². The summed E-state index contributed by atoms with van der Waals surface area (Å²) >= 11 is 0. The molecule has 1 saturated heterocycles. The summed E-state index contributed by atoms with van der Waals surface area (Å²) in [5.74, 6) is 1.09. The molecule has 0 bridgehead atoms. The number of aryl methyl sites for hydroxylation is 1. The minimum atomic E-state index is 0. The normalized spacial score (nSPS) is 16.8. The summed E-state index contributed by atoms with van der Waals surface area (Å²) in [6.45, 7) is 6.94. The molecule has 2 rings (SSSR count). The molecule has 1 aromatic rings. The van der Waals surface area contributed by atoms with Gasteiger partial charge in [0, 0.05) is 38.4 Å². The van der Waals surface area contributed by atoms with Gasteiger partial charge in [0.15, 0.2) is 0 Å². The van der Waals surface area contributed by atoms with Gasteiger partial charge in [-0.25, -0.2) is 4.98 Å². The third-order valence-corrected chi connectivity index (χ3v) is 3.23. The fourth-order valence-corrected chi connectivity index (χ4v) is 2.00. The Bertz CT molecular complexity index is 362. The van der Waals surface area contributed by atoms with E-state index in [0.717, 1.165) is 43.3 Å². The Kier molecular flexibility index (Phi) is 5.18. The molecule has 0 aromatic carbocycles. The Labute approximate surface area is 109 Å². The molecule has 1 aromatic heterocycles. The van der Waals surface area contributed by atoms with Crippen molar-refractivity contribution in [3.05, 3.63) is 23.4 Å². The maximum Gasteiger partial charge on any atom is 0.128 e. The Hall–Kier alpha value is -0.840. The van der Waals surface area contributed by atoms with Gasteiger partial charge in [-0.3, -0.25) is 0 Å². The predicted molar refractivity (Wildman–Crippen MR) is 73.8 cm³/mol. The second-order valence-electron chi connectivity index (χ2n) is 4.41. The lowest BCUT2D eigenvalue weighted by Crippen LogP contribution is -2.44. The molecular weight excluding hydrogens is 236 g/mol. The van der Waals surface area contributed by atoms with Gasteiger partial charge in [0.25, 0.3) is 0 Å². The van der Waals surface area contributed by atoms with Gasteiger partial charge in [-0.05, 0) is 25.6 Å². The van der Waals surface area contributed by atoms with E-state index in [1.807, 2.05) is 6.92 Å². The number of nitrogens with two attached hydrogens (primary N) is 1. The first-order valence-electron chi connectivity index (χ1n) is 5.81. The summed E-state index contributed by atoms with van der Waals surface area (Å²) in [5.41, 5.74) is 7.83. The fourth-order valence-electron chi connectivity index (χ4n) is 2.00. The van der Waals surface area contributed by atoms with Crippen LogP contribution in [0.2, 0.25) is 0 Å². The summed E-state index contributed by atoms with van der Waals surface area (Å²) < 4.78 is 0. The zero-order chi connectivity index (χ0) is 11.5. The SMILES string of the molecule is Cc1nc(N2CCN(C)CC2)ccc1CN.Cl. The average molecular weight is 257 g/mol. The van der Waals surface area contributed by atoms with E-state index < -0.39 is 0 Å². The van der Waals surface area contributed by atoms with Crippen LogP contribution in [-0.2, 0) is 6.54 Å². The smallest absolute Gasteiger partial charge is 0.128 e. The number of anilines is 1. The summed E-state index contributed by atoms with van der Waals surface area (Å²) in [6.07, 6.45) is 0. The van der Waals surface area contributed by atoms with Crippen molar-refractivity contribution >= 4 is 18.2 Å². The molecule has 5 heteroatoms. The molecule has 0 spiro atoms. The van der Waals surface area contributed by atoms with Crippen molar-refractivity contribution < 1.29 is 0 Å². The Morgan fingerprint density at radius 3 is 2.41 bits per heavy atom. The van der Waals surface area contributed by atoms with E-state index in [-0.39, 0.29) is 12.4 Å². The van der Waals surface area contributed by atoms with Gasteiger partial charge in [0.1, 0.15) is 5.82 Å². The maximum atomic E-state index is 5.64. The molecule has 17 heavy (non-hydrogen) atoms. The molecule has 0 unspecified atom stereocenters. The van der Waals surface area contributed by atoms with Gasteiger partial charge in [0.2, 0.25) is 0 Å². The lowest BCUT2D eigenvalue weighted by atomic mass is 10.2. The van der Waals surface area contributed by atoms with Crippen molar-refractivity contribution in [1.29, 1.82) is 0 Å². The van der Waals surface area contributed by atoms with Crippen LogP contribution in [0.3, 0.4) is 0 Å². The minimum absolute atomic E-state index is 0. The number of hydrogen-bond donors (Lipinski definition) is 1. The largest absolute Gasteiger partial charge is 0.354 e. The number of piperazine rings is 1. The molecule has 0 saturated carbocycles. The van der Waals surface area contributed by atoms with E-state index in [1.165, 1.54) is 0 Å². The molecule has 96 valence electrons. The van der Waals surface area contributed by atoms with E-state index in [2.05, 4.69) is 34.0 Å². The highest BCUT2D eigenvalue weighted by Gasteiger charge is 2.15. The van der Waals surface area contributed by atoms with Crippen LogP contribution in [0.1, 0.15) is 11.3 Å². The number of likely N-dealkylation sites (N-methyl/N-ethyl adjacent to an activating group) is 1. The highest BCUT2D eigenvalue weighted by molar-refractivity contribution is 5.85. The summed E-state index contributed by atoms with van der Waals surface area (Å²) in [5, 5.41) is 0. The highest BCUT2D eigenvalue weighted by Crippen LogP contribution is 2.16. The van der Waals surface area contributed by atoms with Crippen LogP contribution in [0, 0.1) is 6.92 Å². The van der Waals surface area contributed by atoms with Crippen LogP contribution < -0.4 is 10.6 Å². The number of halogens is 1. The van der Waals surface area contributed by atoms with E-state index in [0.29, 0.717) is 6.54 Å². The first-order valence-corrected chi connectivity index (χ1v) is 5.81. The Morgan fingerprint density at radius 1 is 1.24 bits per heavy atom. The molecule has 1 aliphatic heterocycles. The first kappa shape index (κ1) is 14.2. The number of hydrogen-bond acceptors (Lipinski definition) is 4. The van der Waals surface area contributed by atoms with E-state index >= 15 is 0 Å². The van der Waals surface area contributed by atoms with Crippen molar-refractivity contribution in [1.82, 2.24) is 9.88 Å². The number of aromatic nitrogens is 1. The van der Waals surface area contributed by atoms with Gasteiger partial charge in [0.05, 0.1) is 0 Å². The standard InChI is InChI=1S/C12H20N4.ClH/c1-10-11(9-13)3-4-12(14-10)16-7-5-15(2)6-8-16;/h3-4H,5-9,13H2,1-2H3;1H. The summed E-state index contributed by atoms with van der Waals surface area (Å²) in [4.78, 5) is 9.31. The molecule has 0 amide bonds. The predicted octanol–water partition coefficient (Wildman–Crippen LogP) is 1.02. The lowest BCUT2D eigenvalue weighted by molar-refractivity contribution is 0.312. The Balaban J connectivity index is 0.00000144. The third kappa shape index (κ3) is 3.31. The van der Waals surface area contributed by atoms with Crippen LogP contribution in [0.4, 0.5) is 5.82 Å². The van der Waals surface area contributed by atoms with Crippen molar-refractivity contribution in [3.63, 3.8) is 0 Å². The van der Waals surface area contributed by atoms with Gasteiger partial charge in [-0.15, -0.1) is 12.4 Å². The molecule has 2 heterocycles. The van der Waals surface area contributed by atoms with Crippen LogP contribution in [-0.4, -0.2) is 43.1 Å². The fraction of sp³-hybridized carbons (Fsp3) is 0.583. The second-order valence-corrected chi connectivity index (χ2v) is 4.41. The van der Waals surface area contributed by atoms with Gasteiger partial charge < -0.3 is 15.5 Å². The molecule has 0 atom stereocenters. The van der Waals surface area contributed by atoms with Gasteiger partial charge in [-0.2, -0.15) is 0 Å². The van der Waals surface area contributed by atoms with Crippen molar-refractivity contribution in [2.45, 2.75) is 13.5 Å². The average Bonchev–Trinajstić information content (AvgIpc) is 2.30. The summed E-state index contributed by atoms with van der Waals surface area (Å²) in [7, 11) is 2.16. The molecule has 1 aliphatic rings. The van der Waals surface area contributed by atoms with Crippen LogP contribution in [0.25, 0.3) is 0 Å². The molecule has 4 nitrogen and oxygen atoms in total. The minimum Gasteiger partial charge on any atom is -0.354 e. The third-order valence-electron chi connectivity index (χ3n) is 3.23. The molecule has 1 fully saturated rings.